The van der Waals surface area contributed by atoms with E-state index in [2.05, 4.69) is 5.32 Å². The predicted octanol–water partition coefficient (Wildman–Crippen LogP) is 1.90. The summed E-state index contributed by atoms with van der Waals surface area (Å²) in [5.41, 5.74) is -0.00651. The van der Waals surface area contributed by atoms with Gasteiger partial charge in [0.15, 0.2) is 0 Å². The fourth-order valence-electron chi connectivity index (χ4n) is 2.47. The number of amides is 2. The second-order valence-electron chi connectivity index (χ2n) is 7.16. The van der Waals surface area contributed by atoms with Crippen molar-refractivity contribution in [2.45, 2.75) is 65.8 Å². The molecule has 1 rings (SSSR count). The highest BCUT2D eigenvalue weighted by atomic mass is 16.2. The molecule has 5 nitrogen and oxygen atoms in total. The normalized spacial score (nSPS) is 16.7. The van der Waals surface area contributed by atoms with E-state index in [-0.39, 0.29) is 29.1 Å². The lowest BCUT2D eigenvalue weighted by Crippen LogP contribution is -2.47. The van der Waals surface area contributed by atoms with Crippen molar-refractivity contribution < 1.29 is 14.4 Å². The Labute approximate surface area is 127 Å². The van der Waals surface area contributed by atoms with Gasteiger partial charge in [0.25, 0.3) is 0 Å². The van der Waals surface area contributed by atoms with Gasteiger partial charge in [0.05, 0.1) is 0 Å². The Bertz CT molecular complexity index is 391. The third-order valence-corrected chi connectivity index (χ3v) is 3.59. The highest BCUT2D eigenvalue weighted by molar-refractivity contribution is 5.83. The van der Waals surface area contributed by atoms with E-state index >= 15 is 0 Å². The summed E-state index contributed by atoms with van der Waals surface area (Å²) >= 11 is 0. The smallest absolute Gasteiger partial charge is 0.223 e. The van der Waals surface area contributed by atoms with Crippen LogP contribution in [0.5, 0.6) is 0 Å². The van der Waals surface area contributed by atoms with E-state index in [0.29, 0.717) is 32.4 Å². The molecule has 2 amide bonds. The van der Waals surface area contributed by atoms with Gasteiger partial charge in [-0.2, -0.15) is 0 Å². The zero-order valence-electron chi connectivity index (χ0n) is 13.7. The van der Waals surface area contributed by atoms with Gasteiger partial charge in [0, 0.05) is 38.4 Å². The molecule has 1 heterocycles. The molecule has 0 unspecified atom stereocenters. The molecule has 0 radical (unpaired) electrons. The lowest BCUT2D eigenvalue weighted by atomic mass is 9.91. The Morgan fingerprint density at radius 1 is 1.10 bits per heavy atom. The van der Waals surface area contributed by atoms with E-state index in [9.17, 15) is 14.4 Å². The zero-order chi connectivity index (χ0) is 16.0. The van der Waals surface area contributed by atoms with Crippen molar-refractivity contribution in [3.63, 3.8) is 0 Å². The third kappa shape index (κ3) is 7.25. The van der Waals surface area contributed by atoms with E-state index < -0.39 is 0 Å². The number of ketones is 1. The minimum absolute atomic E-state index is 0.00651. The third-order valence-electron chi connectivity index (χ3n) is 3.59. The van der Waals surface area contributed by atoms with Crippen LogP contribution in [-0.4, -0.2) is 41.6 Å². The maximum atomic E-state index is 11.9. The Balaban J connectivity index is 2.30. The second kappa shape index (κ2) is 7.57. The molecular formula is C16H28N2O3. The van der Waals surface area contributed by atoms with Crippen LogP contribution in [-0.2, 0) is 14.4 Å². The molecule has 120 valence electrons. The average Bonchev–Trinajstić information content (AvgIpc) is 2.34. The van der Waals surface area contributed by atoms with Crippen molar-refractivity contribution in [1.82, 2.24) is 10.2 Å². The molecule has 0 bridgehead atoms. The summed E-state index contributed by atoms with van der Waals surface area (Å²) in [7, 11) is 0. The summed E-state index contributed by atoms with van der Waals surface area (Å²) < 4.78 is 0. The first-order chi connectivity index (χ1) is 9.67. The highest BCUT2D eigenvalue weighted by Gasteiger charge is 2.25. The predicted molar refractivity (Wildman–Crippen MR) is 81.7 cm³/mol. The van der Waals surface area contributed by atoms with Crippen molar-refractivity contribution >= 4 is 17.6 Å². The quantitative estimate of drug-likeness (QED) is 0.842. The largest absolute Gasteiger partial charge is 0.353 e. The van der Waals surface area contributed by atoms with Gasteiger partial charge >= 0.3 is 0 Å². The van der Waals surface area contributed by atoms with Crippen LogP contribution >= 0.6 is 0 Å². The van der Waals surface area contributed by atoms with Gasteiger partial charge in [0.2, 0.25) is 11.8 Å². The van der Waals surface area contributed by atoms with Crippen LogP contribution < -0.4 is 5.32 Å². The number of carbonyl (C=O) groups excluding carboxylic acids is 3. The van der Waals surface area contributed by atoms with Crippen molar-refractivity contribution in [2.24, 2.45) is 5.41 Å². The fraction of sp³-hybridized carbons (Fsp3) is 0.812. The van der Waals surface area contributed by atoms with Gasteiger partial charge < -0.3 is 15.0 Å². The van der Waals surface area contributed by atoms with Gasteiger partial charge in [-0.3, -0.25) is 9.59 Å². The van der Waals surface area contributed by atoms with E-state index in [4.69, 9.17) is 0 Å². The lowest BCUT2D eigenvalue weighted by molar-refractivity contribution is -0.134. The molecule has 0 aromatic heterocycles. The molecule has 1 aliphatic heterocycles. The summed E-state index contributed by atoms with van der Waals surface area (Å²) in [5.74, 6) is 0.182. The molecule has 5 heteroatoms. The first-order valence-corrected chi connectivity index (χ1v) is 7.74. The monoisotopic (exact) mass is 296 g/mol. The number of hydrogen-bond acceptors (Lipinski definition) is 3. The minimum Gasteiger partial charge on any atom is -0.353 e. The topological polar surface area (TPSA) is 66.5 Å². The number of nitrogens with one attached hydrogen (secondary N) is 1. The standard InChI is InChI=1S/C16H28N2O3/c1-12(19)5-6-15(21)18-9-7-13(8-10-18)17-14(20)11-16(2,3)4/h13H,5-11H2,1-4H3,(H,17,20). The van der Waals surface area contributed by atoms with Gasteiger partial charge in [0.1, 0.15) is 5.78 Å². The molecule has 1 saturated heterocycles. The Morgan fingerprint density at radius 2 is 1.67 bits per heavy atom. The summed E-state index contributed by atoms with van der Waals surface area (Å²) in [6.07, 6.45) is 2.73. The van der Waals surface area contributed by atoms with Gasteiger partial charge in [-0.25, -0.2) is 0 Å². The van der Waals surface area contributed by atoms with Crippen LogP contribution in [0.15, 0.2) is 0 Å². The first-order valence-electron chi connectivity index (χ1n) is 7.74. The summed E-state index contributed by atoms with van der Waals surface area (Å²) in [6.45, 7) is 8.97. The van der Waals surface area contributed by atoms with Crippen LogP contribution in [0.2, 0.25) is 0 Å². The van der Waals surface area contributed by atoms with Crippen LogP contribution in [0.4, 0.5) is 0 Å². The van der Waals surface area contributed by atoms with Crippen LogP contribution in [0, 0.1) is 5.41 Å². The SMILES string of the molecule is CC(=O)CCC(=O)N1CCC(NC(=O)CC(C)(C)C)CC1. The second-order valence-corrected chi connectivity index (χ2v) is 7.16. The van der Waals surface area contributed by atoms with Crippen LogP contribution in [0.25, 0.3) is 0 Å². The minimum atomic E-state index is -0.00651. The average molecular weight is 296 g/mol. The molecule has 1 aliphatic rings. The molecule has 1 N–H and O–H groups in total. The molecule has 0 spiro atoms. The molecule has 0 saturated carbocycles. The van der Waals surface area contributed by atoms with Gasteiger partial charge in [-0.15, -0.1) is 0 Å². The molecule has 0 aliphatic carbocycles. The van der Waals surface area contributed by atoms with Gasteiger partial charge in [-0.1, -0.05) is 20.8 Å². The maximum absolute atomic E-state index is 11.9. The number of rotatable bonds is 5. The number of hydrogen-bond donors (Lipinski definition) is 1. The molecular weight excluding hydrogens is 268 g/mol. The Kier molecular flexibility index (Phi) is 6.37. The maximum Gasteiger partial charge on any atom is 0.223 e. The lowest BCUT2D eigenvalue weighted by Gasteiger charge is -2.33. The number of carbonyl (C=O) groups is 3. The van der Waals surface area contributed by atoms with Crippen molar-refractivity contribution in [1.29, 1.82) is 0 Å². The molecule has 0 aromatic carbocycles. The number of Topliss-reactive ketones (excluding diaryl/α,β-unsaturated/α-hetero) is 1. The van der Waals surface area contributed by atoms with E-state index in [1.165, 1.54) is 6.92 Å². The van der Waals surface area contributed by atoms with E-state index in [1.807, 2.05) is 20.8 Å². The Morgan fingerprint density at radius 3 is 2.14 bits per heavy atom. The molecule has 0 aromatic rings. The number of piperidine rings is 1. The van der Waals surface area contributed by atoms with Crippen molar-refractivity contribution in [3.8, 4) is 0 Å². The summed E-state index contributed by atoms with van der Waals surface area (Å²) in [4.78, 5) is 36.5. The Hall–Kier alpha value is -1.39. The fourth-order valence-corrected chi connectivity index (χ4v) is 2.47. The molecule has 1 fully saturated rings. The van der Waals surface area contributed by atoms with Crippen molar-refractivity contribution in [2.75, 3.05) is 13.1 Å². The zero-order valence-corrected chi connectivity index (χ0v) is 13.7. The van der Waals surface area contributed by atoms with E-state index in [0.717, 1.165) is 12.8 Å². The summed E-state index contributed by atoms with van der Waals surface area (Å²) in [6, 6.07) is 0.164. The van der Waals surface area contributed by atoms with Crippen LogP contribution in [0.3, 0.4) is 0 Å². The van der Waals surface area contributed by atoms with E-state index in [1.54, 1.807) is 4.90 Å². The summed E-state index contributed by atoms with van der Waals surface area (Å²) in [5, 5.41) is 3.05. The molecule has 21 heavy (non-hydrogen) atoms. The molecule has 0 atom stereocenters. The van der Waals surface area contributed by atoms with Crippen molar-refractivity contribution in [3.05, 3.63) is 0 Å². The first kappa shape index (κ1) is 17.7. The van der Waals surface area contributed by atoms with Gasteiger partial charge in [-0.05, 0) is 25.2 Å². The van der Waals surface area contributed by atoms with Crippen LogP contribution in [0.1, 0.15) is 59.8 Å². The highest BCUT2D eigenvalue weighted by Crippen LogP contribution is 2.19. The number of nitrogens with zero attached hydrogens (tertiary/aromatic N) is 1. The number of likely N-dealkylation sites (tertiary alicyclic amines) is 1.